The molecule has 0 amide bonds. The molecule has 0 bridgehead atoms. The smallest absolute Gasteiger partial charge is 0.147 e. The molecule has 1 heteroatoms. The highest BCUT2D eigenvalue weighted by molar-refractivity contribution is 5.99. The second-order valence-corrected chi connectivity index (χ2v) is 5.27. The van der Waals surface area contributed by atoms with Gasteiger partial charge in [-0.25, -0.2) is 0 Å². The Balaban J connectivity index is 2.30. The average molecular weight is 250 g/mol. The van der Waals surface area contributed by atoms with Crippen LogP contribution in [0.25, 0.3) is 10.8 Å². The van der Waals surface area contributed by atoms with E-state index in [9.17, 15) is 4.79 Å². The van der Waals surface area contributed by atoms with Crippen molar-refractivity contribution in [2.24, 2.45) is 0 Å². The third-order valence-electron chi connectivity index (χ3n) is 4.19. The number of carbonyl (C=O) groups excluding carboxylic acids is 1. The molecular formula is C18H18O. The molecule has 1 aliphatic carbocycles. The van der Waals surface area contributed by atoms with Gasteiger partial charge in [0, 0.05) is 6.42 Å². The summed E-state index contributed by atoms with van der Waals surface area (Å²) in [6, 6.07) is 14.6. The third kappa shape index (κ3) is 1.81. The lowest BCUT2D eigenvalue weighted by molar-refractivity contribution is -0.120. The Morgan fingerprint density at radius 3 is 2.63 bits per heavy atom. The van der Waals surface area contributed by atoms with Crippen LogP contribution in [0.1, 0.15) is 31.7 Å². The second-order valence-electron chi connectivity index (χ2n) is 5.27. The van der Waals surface area contributed by atoms with Gasteiger partial charge in [-0.15, -0.1) is 0 Å². The van der Waals surface area contributed by atoms with Crippen molar-refractivity contribution in [1.29, 1.82) is 0 Å². The molecule has 0 heterocycles. The van der Waals surface area contributed by atoms with Crippen LogP contribution in [0.5, 0.6) is 0 Å². The van der Waals surface area contributed by atoms with Crippen LogP contribution in [0, 0.1) is 0 Å². The molecule has 19 heavy (non-hydrogen) atoms. The minimum Gasteiger partial charge on any atom is -0.298 e. The molecule has 1 aliphatic rings. The molecule has 3 rings (SSSR count). The van der Waals surface area contributed by atoms with E-state index < -0.39 is 5.41 Å². The number of hydrogen-bond donors (Lipinski definition) is 0. The molecule has 0 N–H and O–H groups in total. The van der Waals surface area contributed by atoms with E-state index in [1.807, 2.05) is 19.1 Å². The maximum absolute atomic E-state index is 12.5. The number of ketones is 1. The highest BCUT2D eigenvalue weighted by atomic mass is 16.1. The summed E-state index contributed by atoms with van der Waals surface area (Å²) in [5.41, 5.74) is 0.779. The van der Waals surface area contributed by atoms with Crippen LogP contribution in [0.2, 0.25) is 0 Å². The summed E-state index contributed by atoms with van der Waals surface area (Å²) in [6.07, 6.45) is 6.75. The first-order valence-electron chi connectivity index (χ1n) is 6.93. The van der Waals surface area contributed by atoms with E-state index in [1.54, 1.807) is 0 Å². The molecule has 96 valence electrons. The van der Waals surface area contributed by atoms with Crippen molar-refractivity contribution in [1.82, 2.24) is 0 Å². The molecule has 0 radical (unpaired) electrons. The van der Waals surface area contributed by atoms with Crippen molar-refractivity contribution in [3.63, 3.8) is 0 Å². The predicted molar refractivity (Wildman–Crippen MR) is 79.3 cm³/mol. The van der Waals surface area contributed by atoms with Crippen molar-refractivity contribution < 1.29 is 4.79 Å². The number of fused-ring (bicyclic) bond motifs is 1. The van der Waals surface area contributed by atoms with Gasteiger partial charge in [0.15, 0.2) is 0 Å². The summed E-state index contributed by atoms with van der Waals surface area (Å²) < 4.78 is 0. The number of carbonyl (C=O) groups is 1. The minimum absolute atomic E-state index is 0.363. The maximum Gasteiger partial charge on any atom is 0.147 e. The Kier molecular flexibility index (Phi) is 2.98. The van der Waals surface area contributed by atoms with Gasteiger partial charge in [0.05, 0.1) is 5.41 Å². The van der Waals surface area contributed by atoms with Gasteiger partial charge in [0.25, 0.3) is 0 Å². The number of Topliss-reactive ketones (excluding diaryl/α,β-unsaturated/α-hetero) is 1. The number of rotatable bonds is 2. The van der Waals surface area contributed by atoms with Crippen LogP contribution >= 0.6 is 0 Å². The van der Waals surface area contributed by atoms with Gasteiger partial charge < -0.3 is 0 Å². The van der Waals surface area contributed by atoms with Crippen LogP contribution < -0.4 is 0 Å². The van der Waals surface area contributed by atoms with Crippen LogP contribution in [0.15, 0.2) is 54.6 Å². The van der Waals surface area contributed by atoms with Crippen molar-refractivity contribution >= 4 is 16.6 Å². The first kappa shape index (κ1) is 12.2. The SMILES string of the molecule is C/C=C/[C@]1(c2cccc3ccccc23)CCCC1=O. The van der Waals surface area contributed by atoms with Crippen LogP contribution in [-0.2, 0) is 10.2 Å². The van der Waals surface area contributed by atoms with E-state index >= 15 is 0 Å². The zero-order valence-corrected chi connectivity index (χ0v) is 11.2. The monoisotopic (exact) mass is 250 g/mol. The Labute approximate surface area is 113 Å². The minimum atomic E-state index is -0.393. The van der Waals surface area contributed by atoms with Gasteiger partial charge in [-0.2, -0.15) is 0 Å². The predicted octanol–water partition coefficient (Wildman–Crippen LogP) is 4.41. The topological polar surface area (TPSA) is 17.1 Å². The van der Waals surface area contributed by atoms with E-state index in [0.717, 1.165) is 12.8 Å². The van der Waals surface area contributed by atoms with Crippen LogP contribution in [-0.4, -0.2) is 5.78 Å². The summed E-state index contributed by atoms with van der Waals surface area (Å²) in [7, 11) is 0. The average Bonchev–Trinajstić information content (AvgIpc) is 2.81. The highest BCUT2D eigenvalue weighted by Gasteiger charge is 2.41. The molecule has 0 spiro atoms. The lowest BCUT2D eigenvalue weighted by atomic mass is 9.76. The molecular weight excluding hydrogens is 232 g/mol. The van der Waals surface area contributed by atoms with Gasteiger partial charge in [-0.1, -0.05) is 54.6 Å². The molecule has 1 saturated carbocycles. The van der Waals surface area contributed by atoms with E-state index in [0.29, 0.717) is 12.2 Å². The number of hydrogen-bond acceptors (Lipinski definition) is 1. The Hall–Kier alpha value is -1.89. The van der Waals surface area contributed by atoms with E-state index in [2.05, 4.69) is 42.5 Å². The molecule has 0 aromatic heterocycles. The Morgan fingerprint density at radius 2 is 1.89 bits per heavy atom. The summed E-state index contributed by atoms with van der Waals surface area (Å²) in [5, 5.41) is 2.42. The summed E-state index contributed by atoms with van der Waals surface area (Å²) in [5.74, 6) is 0.363. The summed E-state index contributed by atoms with van der Waals surface area (Å²) in [6.45, 7) is 2.00. The molecule has 1 atom stereocenters. The summed E-state index contributed by atoms with van der Waals surface area (Å²) >= 11 is 0. The van der Waals surface area contributed by atoms with E-state index in [1.165, 1.54) is 16.3 Å². The second kappa shape index (κ2) is 4.65. The lowest BCUT2D eigenvalue weighted by Gasteiger charge is -2.26. The third-order valence-corrected chi connectivity index (χ3v) is 4.19. The fourth-order valence-electron chi connectivity index (χ4n) is 3.34. The van der Waals surface area contributed by atoms with Gasteiger partial charge in [-0.3, -0.25) is 4.79 Å². The van der Waals surface area contributed by atoms with Crippen molar-refractivity contribution in [2.45, 2.75) is 31.6 Å². The molecule has 0 aliphatic heterocycles. The van der Waals surface area contributed by atoms with E-state index in [-0.39, 0.29) is 0 Å². The van der Waals surface area contributed by atoms with Gasteiger partial charge in [0.1, 0.15) is 5.78 Å². The van der Waals surface area contributed by atoms with Crippen molar-refractivity contribution in [2.75, 3.05) is 0 Å². The largest absolute Gasteiger partial charge is 0.298 e. The summed E-state index contributed by atoms with van der Waals surface area (Å²) in [4.78, 5) is 12.5. The molecule has 2 aromatic rings. The van der Waals surface area contributed by atoms with Crippen LogP contribution in [0.3, 0.4) is 0 Å². The molecule has 1 nitrogen and oxygen atoms in total. The number of benzene rings is 2. The first-order chi connectivity index (χ1) is 9.28. The molecule has 2 aromatic carbocycles. The zero-order chi connectivity index (χ0) is 13.3. The zero-order valence-electron chi connectivity index (χ0n) is 11.2. The van der Waals surface area contributed by atoms with Crippen molar-refractivity contribution in [3.8, 4) is 0 Å². The number of allylic oxidation sites excluding steroid dienone is 2. The van der Waals surface area contributed by atoms with Gasteiger partial charge in [-0.05, 0) is 36.1 Å². The maximum atomic E-state index is 12.5. The molecule has 1 fully saturated rings. The van der Waals surface area contributed by atoms with E-state index in [4.69, 9.17) is 0 Å². The van der Waals surface area contributed by atoms with Gasteiger partial charge in [0.2, 0.25) is 0 Å². The normalized spacial score (nSPS) is 23.5. The standard InChI is InChI=1S/C18H18O/c1-2-12-18(13-6-11-17(18)19)16-10-5-8-14-7-3-4-9-15(14)16/h2-5,7-10,12H,6,11,13H2,1H3/b12-2+/t18-/m1/s1. The fraction of sp³-hybridized carbons (Fsp3) is 0.278. The molecule has 0 unspecified atom stereocenters. The van der Waals surface area contributed by atoms with Crippen molar-refractivity contribution in [3.05, 3.63) is 60.2 Å². The lowest BCUT2D eigenvalue weighted by Crippen LogP contribution is -2.28. The Bertz CT molecular complexity index is 648. The molecule has 0 saturated heterocycles. The Morgan fingerprint density at radius 1 is 1.11 bits per heavy atom. The first-order valence-corrected chi connectivity index (χ1v) is 6.93. The van der Waals surface area contributed by atoms with Gasteiger partial charge >= 0.3 is 0 Å². The quantitative estimate of drug-likeness (QED) is 0.722. The fourth-order valence-corrected chi connectivity index (χ4v) is 3.34. The van der Waals surface area contributed by atoms with Crippen LogP contribution in [0.4, 0.5) is 0 Å². The highest BCUT2D eigenvalue weighted by Crippen LogP contribution is 2.42.